The van der Waals surface area contributed by atoms with Crippen LogP contribution < -0.4 is 5.32 Å². The fraction of sp³-hybridized carbons (Fsp3) is 0.0833. The Bertz CT molecular complexity index is 1510. The number of carbonyl (C=O) groups excluding carboxylic acids is 1. The van der Waals surface area contributed by atoms with Crippen molar-refractivity contribution in [2.24, 2.45) is 0 Å². The van der Waals surface area contributed by atoms with Crippen LogP contribution in [-0.4, -0.2) is 30.6 Å². The topological polar surface area (TPSA) is 116 Å². The molecule has 34 heavy (non-hydrogen) atoms. The number of hydrogen-bond acceptors (Lipinski definition) is 7. The average molecular weight is 471 g/mol. The molecule has 1 amide bonds. The standard InChI is InChI=1S/C24H18N6O3S/c1-15-2-11-20-21(12-15)34-24(27-20)17-3-7-18(8-4-17)26-22(31)13-29-14-25-23(28-29)16-5-9-19(10-6-16)30(32)33/h2-12,14H,13H2,1H3,(H,26,31). The minimum Gasteiger partial charge on any atom is -0.324 e. The molecule has 0 radical (unpaired) electrons. The molecule has 1 N–H and O–H groups in total. The summed E-state index contributed by atoms with van der Waals surface area (Å²) < 4.78 is 2.57. The number of nitro benzene ring substituents is 1. The number of carbonyl (C=O) groups is 1. The van der Waals surface area contributed by atoms with Crippen molar-refractivity contribution < 1.29 is 9.72 Å². The molecular weight excluding hydrogens is 452 g/mol. The molecule has 168 valence electrons. The summed E-state index contributed by atoms with van der Waals surface area (Å²) in [7, 11) is 0. The number of benzene rings is 3. The second-order valence-corrected chi connectivity index (χ2v) is 8.72. The normalized spacial score (nSPS) is 11.0. The van der Waals surface area contributed by atoms with Gasteiger partial charge < -0.3 is 5.32 Å². The van der Waals surface area contributed by atoms with Gasteiger partial charge in [-0.3, -0.25) is 14.9 Å². The van der Waals surface area contributed by atoms with Crippen molar-refractivity contribution in [1.82, 2.24) is 19.7 Å². The van der Waals surface area contributed by atoms with E-state index in [1.165, 1.54) is 28.7 Å². The number of rotatable bonds is 6. The van der Waals surface area contributed by atoms with Crippen LogP contribution in [0.4, 0.5) is 11.4 Å². The van der Waals surface area contributed by atoms with Crippen molar-refractivity contribution in [3.63, 3.8) is 0 Å². The number of nitrogens with zero attached hydrogens (tertiary/aromatic N) is 5. The summed E-state index contributed by atoms with van der Waals surface area (Å²) in [6, 6.07) is 19.7. The summed E-state index contributed by atoms with van der Waals surface area (Å²) in [5.74, 6) is 0.140. The van der Waals surface area contributed by atoms with Gasteiger partial charge in [0.15, 0.2) is 5.82 Å². The summed E-state index contributed by atoms with van der Waals surface area (Å²) in [6.07, 6.45) is 1.45. The second-order valence-electron chi connectivity index (χ2n) is 7.69. The summed E-state index contributed by atoms with van der Waals surface area (Å²) in [6.45, 7) is 2.05. The van der Waals surface area contributed by atoms with E-state index < -0.39 is 4.92 Å². The first-order valence-electron chi connectivity index (χ1n) is 10.4. The lowest BCUT2D eigenvalue weighted by molar-refractivity contribution is -0.384. The van der Waals surface area contributed by atoms with E-state index in [0.29, 0.717) is 17.1 Å². The number of nitro groups is 1. The van der Waals surface area contributed by atoms with Gasteiger partial charge in [0.2, 0.25) is 5.91 Å². The highest BCUT2D eigenvalue weighted by molar-refractivity contribution is 7.21. The van der Waals surface area contributed by atoms with Crippen molar-refractivity contribution in [2.75, 3.05) is 5.32 Å². The molecule has 3 aromatic carbocycles. The number of hydrogen-bond donors (Lipinski definition) is 1. The Kier molecular flexibility index (Phi) is 5.56. The number of aryl methyl sites for hydroxylation is 1. The van der Waals surface area contributed by atoms with Gasteiger partial charge in [0.25, 0.3) is 5.69 Å². The first kappa shape index (κ1) is 21.4. The number of amides is 1. The molecular formula is C24H18N6O3S. The quantitative estimate of drug-likeness (QED) is 0.273. The Morgan fingerprint density at radius 2 is 1.79 bits per heavy atom. The maximum Gasteiger partial charge on any atom is 0.269 e. The maximum atomic E-state index is 12.5. The van der Waals surface area contributed by atoms with Crippen molar-refractivity contribution in [3.05, 3.63) is 88.7 Å². The Balaban J connectivity index is 1.23. The summed E-state index contributed by atoms with van der Waals surface area (Å²) in [5, 5.41) is 18.9. The third-order valence-electron chi connectivity index (χ3n) is 5.14. The largest absolute Gasteiger partial charge is 0.324 e. The SMILES string of the molecule is Cc1ccc2nc(-c3ccc(NC(=O)Cn4cnc(-c5ccc([N+](=O)[O-])cc5)n4)cc3)sc2c1. The van der Waals surface area contributed by atoms with Gasteiger partial charge in [-0.2, -0.15) is 5.10 Å². The van der Waals surface area contributed by atoms with Crippen molar-refractivity contribution in [1.29, 1.82) is 0 Å². The zero-order valence-electron chi connectivity index (χ0n) is 18.0. The van der Waals surface area contributed by atoms with Gasteiger partial charge in [-0.25, -0.2) is 14.6 Å². The van der Waals surface area contributed by atoms with Gasteiger partial charge in [0.1, 0.15) is 17.9 Å². The summed E-state index contributed by atoms with van der Waals surface area (Å²) in [5.41, 5.74) is 4.45. The van der Waals surface area contributed by atoms with E-state index in [2.05, 4.69) is 34.5 Å². The van der Waals surface area contributed by atoms with E-state index in [1.807, 2.05) is 30.3 Å². The molecule has 0 unspecified atom stereocenters. The van der Waals surface area contributed by atoms with Crippen LogP contribution in [0.3, 0.4) is 0 Å². The van der Waals surface area contributed by atoms with E-state index in [9.17, 15) is 14.9 Å². The minimum absolute atomic E-state index is 0.00758. The van der Waals surface area contributed by atoms with Gasteiger partial charge in [-0.1, -0.05) is 6.07 Å². The lowest BCUT2D eigenvalue weighted by atomic mass is 10.2. The minimum atomic E-state index is -0.466. The highest BCUT2D eigenvalue weighted by Gasteiger charge is 2.11. The van der Waals surface area contributed by atoms with Gasteiger partial charge in [0, 0.05) is 28.9 Å². The Morgan fingerprint density at radius 3 is 2.53 bits per heavy atom. The zero-order chi connectivity index (χ0) is 23.7. The molecule has 0 aliphatic heterocycles. The summed E-state index contributed by atoms with van der Waals surface area (Å²) in [4.78, 5) is 31.7. The number of anilines is 1. The van der Waals surface area contributed by atoms with E-state index >= 15 is 0 Å². The molecule has 0 fully saturated rings. The van der Waals surface area contributed by atoms with E-state index in [4.69, 9.17) is 4.98 Å². The van der Waals surface area contributed by atoms with E-state index in [0.717, 1.165) is 20.8 Å². The third kappa shape index (κ3) is 4.52. The molecule has 0 aliphatic rings. The van der Waals surface area contributed by atoms with Crippen LogP contribution in [0.2, 0.25) is 0 Å². The number of thiazole rings is 1. The van der Waals surface area contributed by atoms with Crippen molar-refractivity contribution in [2.45, 2.75) is 13.5 Å². The Labute approximate surface area is 197 Å². The second kappa shape index (κ2) is 8.83. The van der Waals surface area contributed by atoms with Gasteiger partial charge in [0.05, 0.1) is 15.1 Å². The molecule has 0 saturated carbocycles. The zero-order valence-corrected chi connectivity index (χ0v) is 18.8. The predicted octanol–water partition coefficient (Wildman–Crippen LogP) is 5.08. The molecule has 0 saturated heterocycles. The lowest BCUT2D eigenvalue weighted by Gasteiger charge is -2.06. The van der Waals surface area contributed by atoms with Gasteiger partial charge in [-0.15, -0.1) is 11.3 Å². The number of nitrogens with one attached hydrogen (secondary N) is 1. The van der Waals surface area contributed by atoms with Crippen LogP contribution in [0.25, 0.3) is 32.2 Å². The average Bonchev–Trinajstić information content (AvgIpc) is 3.46. The van der Waals surface area contributed by atoms with Crippen LogP contribution in [0.5, 0.6) is 0 Å². The Hall–Kier alpha value is -4.44. The molecule has 9 nitrogen and oxygen atoms in total. The fourth-order valence-electron chi connectivity index (χ4n) is 3.43. The fourth-order valence-corrected chi connectivity index (χ4v) is 4.50. The molecule has 0 bridgehead atoms. The van der Waals surface area contributed by atoms with Gasteiger partial charge in [-0.05, 0) is 61.0 Å². The predicted molar refractivity (Wildman–Crippen MR) is 131 cm³/mol. The molecule has 0 atom stereocenters. The molecule has 5 rings (SSSR count). The number of aromatic nitrogens is 4. The first-order valence-corrected chi connectivity index (χ1v) is 11.2. The molecule has 2 aromatic heterocycles. The first-order chi connectivity index (χ1) is 16.4. The molecule has 2 heterocycles. The highest BCUT2D eigenvalue weighted by atomic mass is 32.1. The Morgan fingerprint density at radius 1 is 1.06 bits per heavy atom. The monoisotopic (exact) mass is 470 g/mol. The van der Waals surface area contributed by atoms with Crippen LogP contribution in [0.15, 0.2) is 73.1 Å². The maximum absolute atomic E-state index is 12.5. The molecule has 10 heteroatoms. The number of fused-ring (bicyclic) bond motifs is 1. The molecule has 0 aliphatic carbocycles. The van der Waals surface area contributed by atoms with Crippen molar-refractivity contribution in [3.8, 4) is 22.0 Å². The van der Waals surface area contributed by atoms with Crippen LogP contribution in [-0.2, 0) is 11.3 Å². The van der Waals surface area contributed by atoms with Crippen molar-refractivity contribution >= 4 is 38.8 Å². The molecule has 5 aromatic rings. The van der Waals surface area contributed by atoms with Crippen LogP contribution in [0.1, 0.15) is 5.56 Å². The smallest absolute Gasteiger partial charge is 0.269 e. The van der Waals surface area contributed by atoms with Gasteiger partial charge >= 0.3 is 0 Å². The summed E-state index contributed by atoms with van der Waals surface area (Å²) >= 11 is 1.64. The van der Waals surface area contributed by atoms with Crippen LogP contribution in [0, 0.1) is 17.0 Å². The van der Waals surface area contributed by atoms with E-state index in [1.54, 1.807) is 23.5 Å². The lowest BCUT2D eigenvalue weighted by Crippen LogP contribution is -2.19. The molecule has 0 spiro atoms. The number of non-ortho nitro benzene ring substituents is 1. The third-order valence-corrected chi connectivity index (χ3v) is 6.21. The highest BCUT2D eigenvalue weighted by Crippen LogP contribution is 2.31. The van der Waals surface area contributed by atoms with E-state index in [-0.39, 0.29) is 18.1 Å². The van der Waals surface area contributed by atoms with Crippen LogP contribution >= 0.6 is 11.3 Å².